The Morgan fingerprint density at radius 1 is 1.09 bits per heavy atom. The van der Waals surface area contributed by atoms with Gasteiger partial charge in [0.15, 0.2) is 5.76 Å². The van der Waals surface area contributed by atoms with Gasteiger partial charge in [0.25, 0.3) is 5.89 Å². The number of carboxylic acid groups (broad SMARTS) is 2. The lowest BCUT2D eigenvalue weighted by Gasteiger charge is -2.30. The molecule has 4 rings (SSSR count). The molecule has 0 aliphatic carbocycles. The predicted octanol–water partition coefficient (Wildman–Crippen LogP) is 1.84. The molecule has 2 aliphatic rings. The van der Waals surface area contributed by atoms with Crippen LogP contribution in [-0.2, 0) is 14.4 Å². The van der Waals surface area contributed by atoms with Gasteiger partial charge in [0, 0.05) is 49.5 Å². The zero-order valence-corrected chi connectivity index (χ0v) is 18.6. The number of hydrogen-bond donors (Lipinski definition) is 4. The molecule has 1 aromatic heterocycles. The summed E-state index contributed by atoms with van der Waals surface area (Å²) in [4.78, 5) is 49.1. The molecule has 2 aromatic rings. The molecule has 2 saturated heterocycles. The molecule has 2 amide bonds. The average molecular weight is 470 g/mol. The van der Waals surface area contributed by atoms with Gasteiger partial charge in [-0.3, -0.25) is 9.59 Å². The summed E-state index contributed by atoms with van der Waals surface area (Å²) < 4.78 is 5.64. The molecule has 2 fully saturated rings. The molecule has 3 atom stereocenters. The van der Waals surface area contributed by atoms with Gasteiger partial charge in [0.2, 0.25) is 5.91 Å². The third kappa shape index (κ3) is 7.27. The fraction of sp³-hybridized carbons (Fsp3) is 0.348. The van der Waals surface area contributed by atoms with E-state index in [0.717, 1.165) is 31.6 Å². The molecular weight excluding hydrogens is 444 g/mol. The molecule has 11 heteroatoms. The van der Waals surface area contributed by atoms with E-state index in [1.165, 1.54) is 13.3 Å². The van der Waals surface area contributed by atoms with Crippen molar-refractivity contribution in [1.82, 2.24) is 15.2 Å². The van der Waals surface area contributed by atoms with Crippen LogP contribution in [-0.4, -0.2) is 69.5 Å². The number of aromatic nitrogens is 1. The number of aliphatic carboxylic acids is 2. The number of piperidine rings is 1. The summed E-state index contributed by atoms with van der Waals surface area (Å²) in [5.41, 5.74) is 1.51. The van der Waals surface area contributed by atoms with E-state index in [-0.39, 0.29) is 23.7 Å². The van der Waals surface area contributed by atoms with Crippen LogP contribution in [0.2, 0.25) is 0 Å². The van der Waals surface area contributed by atoms with Crippen molar-refractivity contribution in [3.63, 3.8) is 0 Å². The second-order valence-corrected chi connectivity index (χ2v) is 8.12. The SMILES string of the molecule is CC(=O)Nc1ccc(-c2cnc(C(=O)N[C@@H]3C[C@H]4CCN(C4)C3)o2)cc1.O=C(O)/C=C/C(=O)O. The van der Waals surface area contributed by atoms with E-state index in [4.69, 9.17) is 14.6 Å². The molecule has 11 nitrogen and oxygen atoms in total. The number of nitrogens with zero attached hydrogens (tertiary/aromatic N) is 2. The number of rotatable bonds is 6. The largest absolute Gasteiger partial charge is 0.478 e. The summed E-state index contributed by atoms with van der Waals surface area (Å²) in [6, 6.07) is 7.37. The first-order chi connectivity index (χ1) is 16.2. The van der Waals surface area contributed by atoms with Gasteiger partial charge in [-0.15, -0.1) is 0 Å². The van der Waals surface area contributed by atoms with E-state index >= 15 is 0 Å². The van der Waals surface area contributed by atoms with Gasteiger partial charge in [0.1, 0.15) is 0 Å². The number of anilines is 1. The first kappa shape index (κ1) is 24.6. The van der Waals surface area contributed by atoms with Crippen molar-refractivity contribution >= 4 is 29.4 Å². The van der Waals surface area contributed by atoms with Gasteiger partial charge in [-0.05, 0) is 49.6 Å². The van der Waals surface area contributed by atoms with Gasteiger partial charge in [-0.2, -0.15) is 0 Å². The third-order valence-corrected chi connectivity index (χ3v) is 5.36. The Bertz CT molecular complexity index is 1050. The Labute approximate surface area is 195 Å². The van der Waals surface area contributed by atoms with Gasteiger partial charge in [0.05, 0.1) is 6.20 Å². The summed E-state index contributed by atoms with van der Waals surface area (Å²) in [5, 5.41) is 21.4. The van der Waals surface area contributed by atoms with Crippen LogP contribution in [0.4, 0.5) is 5.69 Å². The maximum atomic E-state index is 12.4. The Kier molecular flexibility index (Phi) is 8.14. The number of oxazole rings is 1. The van der Waals surface area contributed by atoms with Crippen molar-refractivity contribution in [2.75, 3.05) is 25.0 Å². The quantitative estimate of drug-likeness (QED) is 0.461. The minimum absolute atomic E-state index is 0.0823. The molecule has 1 unspecified atom stereocenters. The van der Waals surface area contributed by atoms with Crippen molar-refractivity contribution in [2.45, 2.75) is 25.8 Å². The van der Waals surface area contributed by atoms with Gasteiger partial charge < -0.3 is 30.2 Å². The molecule has 2 bridgehead atoms. The highest BCUT2D eigenvalue weighted by Crippen LogP contribution is 2.27. The van der Waals surface area contributed by atoms with Crippen LogP contribution in [0.5, 0.6) is 0 Å². The normalized spacial score (nSPS) is 20.8. The zero-order valence-electron chi connectivity index (χ0n) is 18.6. The van der Waals surface area contributed by atoms with E-state index in [9.17, 15) is 19.2 Å². The van der Waals surface area contributed by atoms with Crippen LogP contribution in [0.25, 0.3) is 11.3 Å². The topological polar surface area (TPSA) is 162 Å². The Morgan fingerprint density at radius 2 is 1.76 bits per heavy atom. The highest BCUT2D eigenvalue weighted by atomic mass is 16.4. The summed E-state index contributed by atoms with van der Waals surface area (Å²) in [6.07, 6.45) is 4.92. The Hall–Kier alpha value is -3.99. The number of nitrogens with one attached hydrogen (secondary N) is 2. The van der Waals surface area contributed by atoms with E-state index in [2.05, 4.69) is 20.5 Å². The number of amides is 2. The lowest BCUT2D eigenvalue weighted by Crippen LogP contribution is -2.47. The number of carboxylic acids is 2. The predicted molar refractivity (Wildman–Crippen MR) is 121 cm³/mol. The Balaban J connectivity index is 0.000000350. The van der Waals surface area contributed by atoms with Crippen molar-refractivity contribution in [3.05, 3.63) is 48.5 Å². The molecular formula is C23H26N4O7. The van der Waals surface area contributed by atoms with Crippen molar-refractivity contribution < 1.29 is 33.8 Å². The molecule has 3 heterocycles. The van der Waals surface area contributed by atoms with Crippen molar-refractivity contribution in [3.8, 4) is 11.3 Å². The minimum atomic E-state index is -1.26. The maximum Gasteiger partial charge on any atom is 0.328 e. The fourth-order valence-corrected chi connectivity index (χ4v) is 3.99. The van der Waals surface area contributed by atoms with Crippen LogP contribution in [0.15, 0.2) is 47.0 Å². The van der Waals surface area contributed by atoms with Crippen LogP contribution in [0.1, 0.15) is 30.5 Å². The summed E-state index contributed by atoms with van der Waals surface area (Å²) in [5.74, 6) is -1.60. The van der Waals surface area contributed by atoms with Gasteiger partial charge >= 0.3 is 17.8 Å². The molecule has 0 radical (unpaired) electrons. The van der Waals surface area contributed by atoms with Crippen LogP contribution in [0, 0.1) is 5.92 Å². The van der Waals surface area contributed by atoms with Crippen LogP contribution < -0.4 is 10.6 Å². The minimum Gasteiger partial charge on any atom is -0.478 e. The number of carbonyl (C=O) groups is 4. The molecule has 4 N–H and O–H groups in total. The number of carbonyl (C=O) groups excluding carboxylic acids is 2. The fourth-order valence-electron chi connectivity index (χ4n) is 3.99. The number of fused-ring (bicyclic) bond motifs is 2. The highest BCUT2D eigenvalue weighted by molar-refractivity contribution is 5.91. The summed E-state index contributed by atoms with van der Waals surface area (Å²) in [7, 11) is 0. The van der Waals surface area contributed by atoms with E-state index in [1.807, 2.05) is 12.1 Å². The number of benzene rings is 1. The van der Waals surface area contributed by atoms with Gasteiger partial charge in [-0.1, -0.05) is 0 Å². The molecule has 2 aliphatic heterocycles. The second-order valence-electron chi connectivity index (χ2n) is 8.12. The van der Waals surface area contributed by atoms with E-state index in [1.54, 1.807) is 18.3 Å². The molecule has 180 valence electrons. The lowest BCUT2D eigenvalue weighted by atomic mass is 9.97. The average Bonchev–Trinajstić information content (AvgIpc) is 3.40. The lowest BCUT2D eigenvalue weighted by molar-refractivity contribution is -0.134. The first-order valence-electron chi connectivity index (χ1n) is 10.7. The van der Waals surface area contributed by atoms with Gasteiger partial charge in [-0.25, -0.2) is 14.6 Å². The second kappa shape index (κ2) is 11.2. The van der Waals surface area contributed by atoms with Crippen molar-refractivity contribution in [1.29, 1.82) is 0 Å². The van der Waals surface area contributed by atoms with Crippen LogP contribution >= 0.6 is 0 Å². The first-order valence-corrected chi connectivity index (χ1v) is 10.7. The van der Waals surface area contributed by atoms with E-state index < -0.39 is 11.9 Å². The highest BCUT2D eigenvalue weighted by Gasteiger charge is 2.33. The molecule has 34 heavy (non-hydrogen) atoms. The number of hydrogen-bond acceptors (Lipinski definition) is 7. The maximum absolute atomic E-state index is 12.4. The summed E-state index contributed by atoms with van der Waals surface area (Å²) >= 11 is 0. The van der Waals surface area contributed by atoms with Crippen molar-refractivity contribution in [2.24, 2.45) is 5.92 Å². The third-order valence-electron chi connectivity index (χ3n) is 5.36. The zero-order chi connectivity index (χ0) is 24.7. The molecule has 0 saturated carbocycles. The van der Waals surface area contributed by atoms with E-state index in [0.29, 0.717) is 29.5 Å². The monoisotopic (exact) mass is 470 g/mol. The molecule has 1 aromatic carbocycles. The smallest absolute Gasteiger partial charge is 0.328 e. The Morgan fingerprint density at radius 3 is 2.35 bits per heavy atom. The molecule has 0 spiro atoms. The standard InChI is InChI=1S/C19H22N4O3.C4H4O4/c1-12(24)21-15-4-2-14(3-5-15)17-9-20-19(26-17)18(25)22-16-8-13-6-7-23(10-13)11-16;5-3(6)1-2-4(7)8/h2-5,9,13,16H,6-8,10-11H2,1H3,(H,21,24)(H,22,25);1-2H,(H,5,6)(H,7,8)/b;2-1+/t13-,16-;/m1./s1. The summed E-state index contributed by atoms with van der Waals surface area (Å²) in [6.45, 7) is 4.66. The van der Waals surface area contributed by atoms with Crippen LogP contribution in [0.3, 0.4) is 0 Å².